The third-order valence-electron chi connectivity index (χ3n) is 4.86. The largest absolute Gasteiger partial charge is 0.322 e. The van der Waals surface area contributed by atoms with Gasteiger partial charge in [0.15, 0.2) is 6.29 Å². The molecule has 1 fully saturated rings. The fourth-order valence-electron chi connectivity index (χ4n) is 3.14. The van der Waals surface area contributed by atoms with Gasteiger partial charge in [0.1, 0.15) is 5.82 Å². The van der Waals surface area contributed by atoms with Gasteiger partial charge in [-0.05, 0) is 37.6 Å². The van der Waals surface area contributed by atoms with Crippen LogP contribution < -0.4 is 16.0 Å². The summed E-state index contributed by atoms with van der Waals surface area (Å²) in [6.07, 6.45) is 0.596. The highest BCUT2D eigenvalue weighted by atomic mass is 32.2. The van der Waals surface area contributed by atoms with Crippen LogP contribution in [0.5, 0.6) is 0 Å². The lowest BCUT2D eigenvalue weighted by Gasteiger charge is -2.31. The number of hydrogen-bond donors (Lipinski definition) is 3. The van der Waals surface area contributed by atoms with Crippen molar-refractivity contribution >= 4 is 27.7 Å². The van der Waals surface area contributed by atoms with Crippen molar-refractivity contribution in [1.82, 2.24) is 24.7 Å². The minimum atomic E-state index is -3.57. The lowest BCUT2D eigenvalue weighted by Crippen LogP contribution is -2.53. The number of rotatable bonds is 6. The van der Waals surface area contributed by atoms with Crippen molar-refractivity contribution in [3.8, 4) is 0 Å². The van der Waals surface area contributed by atoms with Gasteiger partial charge >= 0.3 is 0 Å². The Morgan fingerprint density at radius 1 is 1.30 bits per heavy atom. The number of carbonyl (C=O) groups is 2. The first-order valence-corrected chi connectivity index (χ1v) is 11.0. The molecule has 11 heteroatoms. The van der Waals surface area contributed by atoms with Crippen LogP contribution in [0.15, 0.2) is 35.2 Å². The number of carbonyl (C=O) groups excluding carboxylic acids is 2. The molecule has 2 heterocycles. The third kappa shape index (κ3) is 4.53. The fraction of sp³-hybridized carbons (Fsp3) is 0.421. The minimum absolute atomic E-state index is 0.0167. The molecule has 1 saturated heterocycles. The number of nitrogens with one attached hydrogen (secondary N) is 3. The minimum Gasteiger partial charge on any atom is -0.322 e. The van der Waals surface area contributed by atoms with Gasteiger partial charge in [-0.25, -0.2) is 17.4 Å². The predicted molar refractivity (Wildman–Crippen MR) is 111 cm³/mol. The molecule has 2 amide bonds. The SMILES string of the molecule is CCC1CC(=O)NC(n2nc(C)cc2NC(=O)c2ccc(S(=O)(=O)N(C)C)cc2)N1. The van der Waals surface area contributed by atoms with Crippen molar-refractivity contribution in [2.75, 3.05) is 19.4 Å². The number of hydrogen-bond acceptors (Lipinski definition) is 6. The molecular weight excluding hydrogens is 408 g/mol. The summed E-state index contributed by atoms with van der Waals surface area (Å²) in [5.74, 6) is -0.0927. The molecule has 3 rings (SSSR count). The molecule has 0 spiro atoms. The summed E-state index contributed by atoms with van der Waals surface area (Å²) in [4.78, 5) is 24.8. The van der Waals surface area contributed by atoms with Crippen molar-refractivity contribution in [3.05, 3.63) is 41.6 Å². The van der Waals surface area contributed by atoms with E-state index in [9.17, 15) is 18.0 Å². The Morgan fingerprint density at radius 3 is 2.57 bits per heavy atom. The molecule has 3 N–H and O–H groups in total. The lowest BCUT2D eigenvalue weighted by atomic mass is 10.1. The summed E-state index contributed by atoms with van der Waals surface area (Å²) in [7, 11) is -0.680. The van der Waals surface area contributed by atoms with E-state index in [0.29, 0.717) is 23.5 Å². The van der Waals surface area contributed by atoms with Gasteiger partial charge in [-0.1, -0.05) is 6.92 Å². The zero-order valence-corrected chi connectivity index (χ0v) is 18.2. The van der Waals surface area contributed by atoms with Crippen LogP contribution in [0.25, 0.3) is 0 Å². The Kier molecular flexibility index (Phi) is 6.25. The monoisotopic (exact) mass is 434 g/mol. The standard InChI is InChI=1S/C19H26N6O4S/c1-5-14-11-17(26)22-19(20-14)25-16(10-12(2)23-25)21-18(27)13-6-8-15(9-7-13)30(28,29)24(3)4/h6-10,14,19-20H,5,11H2,1-4H3,(H,21,27)(H,22,26). The molecule has 0 radical (unpaired) electrons. The molecule has 30 heavy (non-hydrogen) atoms. The van der Waals surface area contributed by atoms with Crippen LogP contribution >= 0.6 is 0 Å². The average molecular weight is 435 g/mol. The zero-order chi connectivity index (χ0) is 22.1. The van der Waals surface area contributed by atoms with Gasteiger partial charge in [-0.3, -0.25) is 14.9 Å². The topological polar surface area (TPSA) is 125 Å². The van der Waals surface area contributed by atoms with Crippen molar-refractivity contribution in [2.45, 2.75) is 43.9 Å². The maximum Gasteiger partial charge on any atom is 0.256 e. The van der Waals surface area contributed by atoms with Crippen molar-refractivity contribution < 1.29 is 18.0 Å². The molecule has 0 aliphatic carbocycles. The summed E-state index contributed by atoms with van der Waals surface area (Å²) in [5.41, 5.74) is 0.970. The smallest absolute Gasteiger partial charge is 0.256 e. The molecule has 1 aromatic carbocycles. The number of anilines is 1. The van der Waals surface area contributed by atoms with Crippen molar-refractivity contribution in [2.24, 2.45) is 0 Å². The van der Waals surface area contributed by atoms with Gasteiger partial charge in [-0.2, -0.15) is 5.10 Å². The van der Waals surface area contributed by atoms with E-state index in [0.717, 1.165) is 10.7 Å². The molecule has 1 aromatic heterocycles. The Hall–Kier alpha value is -2.76. The second kappa shape index (κ2) is 8.54. The maximum absolute atomic E-state index is 12.7. The Balaban J connectivity index is 1.80. The first kappa shape index (κ1) is 21.9. The number of aryl methyl sites for hydroxylation is 1. The normalized spacial score (nSPS) is 19.6. The van der Waals surface area contributed by atoms with Crippen LogP contribution in [0.1, 0.15) is 42.1 Å². The molecule has 1 aliphatic rings. The highest BCUT2D eigenvalue weighted by Gasteiger charge is 2.28. The van der Waals surface area contributed by atoms with Crippen molar-refractivity contribution in [1.29, 1.82) is 0 Å². The number of benzene rings is 1. The van der Waals surface area contributed by atoms with E-state index >= 15 is 0 Å². The van der Waals surface area contributed by atoms with Crippen LogP contribution in [-0.4, -0.2) is 54.5 Å². The maximum atomic E-state index is 12.7. The van der Waals surface area contributed by atoms with Crippen LogP contribution in [0.3, 0.4) is 0 Å². The zero-order valence-electron chi connectivity index (χ0n) is 17.3. The van der Waals surface area contributed by atoms with E-state index in [-0.39, 0.29) is 16.8 Å². The van der Waals surface area contributed by atoms with Gasteiger partial charge in [0.2, 0.25) is 15.9 Å². The Morgan fingerprint density at radius 2 is 1.97 bits per heavy atom. The summed E-state index contributed by atoms with van der Waals surface area (Å²) < 4.78 is 27.0. The Labute approximate surface area is 175 Å². The highest BCUT2D eigenvalue weighted by molar-refractivity contribution is 7.89. The second-order valence-corrected chi connectivity index (χ2v) is 9.48. The first-order valence-electron chi connectivity index (χ1n) is 9.57. The van der Waals surface area contributed by atoms with Crippen molar-refractivity contribution in [3.63, 3.8) is 0 Å². The van der Waals surface area contributed by atoms with E-state index in [1.165, 1.54) is 43.0 Å². The Bertz CT molecular complexity index is 1050. The third-order valence-corrected chi connectivity index (χ3v) is 6.68. The summed E-state index contributed by atoms with van der Waals surface area (Å²) >= 11 is 0. The molecule has 0 saturated carbocycles. The number of aromatic nitrogens is 2. The second-order valence-electron chi connectivity index (χ2n) is 7.33. The first-order chi connectivity index (χ1) is 14.1. The van der Waals surface area contributed by atoms with Crippen LogP contribution in [0, 0.1) is 6.92 Å². The van der Waals surface area contributed by atoms with Gasteiger partial charge in [0.05, 0.1) is 10.6 Å². The van der Waals surface area contributed by atoms with E-state index in [2.05, 4.69) is 21.0 Å². The molecule has 10 nitrogen and oxygen atoms in total. The van der Waals surface area contributed by atoms with E-state index in [1.807, 2.05) is 6.92 Å². The average Bonchev–Trinajstić information content (AvgIpc) is 3.07. The van der Waals surface area contributed by atoms with Crippen LogP contribution in [-0.2, 0) is 14.8 Å². The summed E-state index contributed by atoms with van der Waals surface area (Å²) in [6, 6.07) is 7.40. The van der Waals surface area contributed by atoms with E-state index < -0.39 is 22.2 Å². The van der Waals surface area contributed by atoms with Gasteiger partial charge in [-0.15, -0.1) is 0 Å². The van der Waals surface area contributed by atoms with Crippen LogP contribution in [0.2, 0.25) is 0 Å². The lowest BCUT2D eigenvalue weighted by molar-refractivity contribution is -0.125. The molecular formula is C19H26N6O4S. The number of amides is 2. The molecule has 2 aromatic rings. The predicted octanol–water partition coefficient (Wildman–Crippen LogP) is 1.04. The van der Waals surface area contributed by atoms with Gasteiger partial charge in [0, 0.05) is 38.2 Å². The van der Waals surface area contributed by atoms with Gasteiger partial charge in [0.25, 0.3) is 5.91 Å². The highest BCUT2D eigenvalue weighted by Crippen LogP contribution is 2.20. The summed E-state index contributed by atoms with van der Waals surface area (Å²) in [5, 5.41) is 13.3. The number of sulfonamides is 1. The molecule has 2 unspecified atom stereocenters. The van der Waals surface area contributed by atoms with Gasteiger partial charge < -0.3 is 10.6 Å². The molecule has 162 valence electrons. The molecule has 2 atom stereocenters. The quantitative estimate of drug-likeness (QED) is 0.624. The molecule has 1 aliphatic heterocycles. The number of nitrogens with zero attached hydrogens (tertiary/aromatic N) is 3. The van der Waals surface area contributed by atoms with Crippen LogP contribution in [0.4, 0.5) is 5.82 Å². The van der Waals surface area contributed by atoms with E-state index in [1.54, 1.807) is 13.0 Å². The molecule has 0 bridgehead atoms. The fourth-order valence-corrected chi connectivity index (χ4v) is 4.04. The summed E-state index contributed by atoms with van der Waals surface area (Å²) in [6.45, 7) is 3.78. The van der Waals surface area contributed by atoms with E-state index in [4.69, 9.17) is 0 Å².